The summed E-state index contributed by atoms with van der Waals surface area (Å²) < 4.78 is 36.1. The minimum absolute atomic E-state index is 0.0552. The van der Waals surface area contributed by atoms with Gasteiger partial charge in [-0.25, -0.2) is 8.42 Å². The summed E-state index contributed by atoms with van der Waals surface area (Å²) in [6.07, 6.45) is 1.68. The highest BCUT2D eigenvalue weighted by molar-refractivity contribution is 9.10. The van der Waals surface area contributed by atoms with E-state index in [1.807, 2.05) is 24.3 Å². The topological polar surface area (TPSA) is 107 Å². The lowest BCUT2D eigenvalue weighted by atomic mass is 10.3. The molecule has 0 amide bonds. The number of nitrogens with zero attached hydrogens (tertiary/aromatic N) is 3. The maximum Gasteiger partial charge on any atom is 0.256 e. The van der Waals surface area contributed by atoms with Gasteiger partial charge in [0.15, 0.2) is 21.6 Å². The Morgan fingerprint density at radius 3 is 2.39 bits per heavy atom. The van der Waals surface area contributed by atoms with E-state index in [4.69, 9.17) is 0 Å². The lowest BCUT2D eigenvalue weighted by Gasteiger charge is -2.14. The Balaban J connectivity index is 1.57. The van der Waals surface area contributed by atoms with Crippen molar-refractivity contribution in [3.05, 3.63) is 34.1 Å². The quantitative estimate of drug-likeness (QED) is 0.460. The fraction of sp³-hybridized carbons (Fsp3) is 0.250. The summed E-state index contributed by atoms with van der Waals surface area (Å²) in [4.78, 5) is 0. The third kappa shape index (κ3) is 3.74. The van der Waals surface area contributed by atoms with Crippen LogP contribution < -0.4 is 10.6 Å². The van der Waals surface area contributed by atoms with Crippen molar-refractivity contribution in [2.24, 2.45) is 0 Å². The molecule has 3 aromatic rings. The smallest absolute Gasteiger partial charge is 0.256 e. The predicted octanol–water partition coefficient (Wildman–Crippen LogP) is 4.34. The Morgan fingerprint density at radius 1 is 1.07 bits per heavy atom. The van der Waals surface area contributed by atoms with Gasteiger partial charge in [0.1, 0.15) is 0 Å². The summed E-state index contributed by atoms with van der Waals surface area (Å²) in [7, 11) is -3.69. The number of nitrogens with one attached hydrogen (secondary N) is 2. The van der Waals surface area contributed by atoms with Gasteiger partial charge in [-0.05, 0) is 40.9 Å². The molecule has 148 valence electrons. The van der Waals surface area contributed by atoms with Gasteiger partial charge in [0.25, 0.3) is 10.0 Å². The highest BCUT2D eigenvalue weighted by Crippen LogP contribution is 2.42. The van der Waals surface area contributed by atoms with Crippen molar-refractivity contribution in [3.8, 4) is 5.75 Å². The molecule has 8 nitrogen and oxygen atoms in total. The van der Waals surface area contributed by atoms with Crippen molar-refractivity contribution >= 4 is 72.0 Å². The fourth-order valence-corrected chi connectivity index (χ4v) is 6.57. The number of anilines is 4. The monoisotopic (exact) mass is 501 g/mol. The van der Waals surface area contributed by atoms with Crippen LogP contribution >= 0.6 is 39.0 Å². The van der Waals surface area contributed by atoms with E-state index in [1.165, 1.54) is 4.31 Å². The number of sulfonamides is 1. The molecule has 1 fully saturated rings. The van der Waals surface area contributed by atoms with Crippen LogP contribution in [0.2, 0.25) is 0 Å². The van der Waals surface area contributed by atoms with E-state index in [1.54, 1.807) is 5.38 Å². The zero-order valence-electron chi connectivity index (χ0n) is 14.4. The summed E-state index contributed by atoms with van der Waals surface area (Å²) in [6, 6.07) is 7.57. The first kappa shape index (κ1) is 19.6. The molecule has 28 heavy (non-hydrogen) atoms. The average Bonchev–Trinajstić information content (AvgIpc) is 3.41. The maximum absolute atomic E-state index is 12.7. The number of para-hydroxylation sites is 1. The van der Waals surface area contributed by atoms with Crippen molar-refractivity contribution < 1.29 is 13.5 Å². The van der Waals surface area contributed by atoms with Crippen LogP contribution in [-0.4, -0.2) is 39.7 Å². The van der Waals surface area contributed by atoms with Crippen LogP contribution in [0.25, 0.3) is 0 Å². The number of rotatable bonds is 6. The molecular formula is C16H16BrN5O3S3. The van der Waals surface area contributed by atoms with Crippen molar-refractivity contribution in [2.45, 2.75) is 17.1 Å². The Bertz CT molecular complexity index is 1090. The van der Waals surface area contributed by atoms with Gasteiger partial charge < -0.3 is 15.7 Å². The second-order valence-electron chi connectivity index (χ2n) is 6.09. The molecule has 3 N–H and O–H groups in total. The van der Waals surface area contributed by atoms with E-state index in [0.717, 1.165) is 46.1 Å². The van der Waals surface area contributed by atoms with Gasteiger partial charge in [0.2, 0.25) is 0 Å². The molecule has 0 bridgehead atoms. The number of aromatic hydroxyl groups is 1. The molecule has 1 saturated heterocycles. The largest absolute Gasteiger partial charge is 0.504 e. The van der Waals surface area contributed by atoms with E-state index in [9.17, 15) is 13.5 Å². The summed E-state index contributed by atoms with van der Waals surface area (Å²) in [5.41, 5.74) is 1.09. The molecule has 3 heterocycles. The van der Waals surface area contributed by atoms with Crippen LogP contribution in [0.1, 0.15) is 12.8 Å². The SMILES string of the molecule is O=S(=O)(c1scc(Nc2nsnc2Nc2ccccc2Br)c1O)N1CCCC1. The lowest BCUT2D eigenvalue weighted by Crippen LogP contribution is -2.27. The third-order valence-electron chi connectivity index (χ3n) is 4.24. The first-order valence-corrected chi connectivity index (χ1v) is 12.2. The van der Waals surface area contributed by atoms with Crippen molar-refractivity contribution in [1.82, 2.24) is 13.1 Å². The molecule has 0 spiro atoms. The van der Waals surface area contributed by atoms with Gasteiger partial charge in [-0.3, -0.25) is 0 Å². The van der Waals surface area contributed by atoms with E-state index < -0.39 is 10.0 Å². The van der Waals surface area contributed by atoms with Crippen LogP contribution in [0.3, 0.4) is 0 Å². The molecule has 1 aromatic carbocycles. The van der Waals surface area contributed by atoms with Gasteiger partial charge >= 0.3 is 0 Å². The van der Waals surface area contributed by atoms with Crippen LogP contribution in [0.15, 0.2) is 38.3 Å². The maximum atomic E-state index is 12.7. The van der Waals surface area contributed by atoms with Crippen molar-refractivity contribution in [3.63, 3.8) is 0 Å². The Kier molecular flexibility index (Phi) is 5.56. The van der Waals surface area contributed by atoms with Gasteiger partial charge in [0.05, 0.1) is 23.1 Å². The van der Waals surface area contributed by atoms with E-state index in [2.05, 4.69) is 35.3 Å². The second kappa shape index (κ2) is 7.95. The second-order valence-corrected chi connectivity index (χ2v) is 10.5. The summed E-state index contributed by atoms with van der Waals surface area (Å²) in [5.74, 6) is 0.585. The highest BCUT2D eigenvalue weighted by atomic mass is 79.9. The summed E-state index contributed by atoms with van der Waals surface area (Å²) in [6.45, 7) is 0.969. The van der Waals surface area contributed by atoms with Crippen LogP contribution in [-0.2, 0) is 10.0 Å². The van der Waals surface area contributed by atoms with Crippen LogP contribution in [0.5, 0.6) is 5.75 Å². The van der Waals surface area contributed by atoms with Gasteiger partial charge in [-0.2, -0.15) is 13.1 Å². The molecule has 2 aromatic heterocycles. The Labute approximate surface area is 178 Å². The van der Waals surface area contributed by atoms with Crippen LogP contribution in [0.4, 0.5) is 23.0 Å². The fourth-order valence-electron chi connectivity index (χ4n) is 2.82. The van der Waals surface area contributed by atoms with Gasteiger partial charge in [-0.15, -0.1) is 11.3 Å². The van der Waals surface area contributed by atoms with Crippen molar-refractivity contribution in [2.75, 3.05) is 23.7 Å². The Morgan fingerprint density at radius 2 is 1.71 bits per heavy atom. The zero-order valence-corrected chi connectivity index (χ0v) is 18.5. The number of benzene rings is 1. The minimum Gasteiger partial charge on any atom is -0.504 e. The van der Waals surface area contributed by atoms with E-state index >= 15 is 0 Å². The molecule has 1 aliphatic rings. The highest BCUT2D eigenvalue weighted by Gasteiger charge is 2.32. The number of aromatic nitrogens is 2. The normalized spacial score (nSPS) is 15.0. The van der Waals surface area contributed by atoms with E-state index in [-0.39, 0.29) is 15.6 Å². The first-order valence-electron chi connectivity index (χ1n) is 8.38. The molecule has 0 radical (unpaired) electrons. The lowest BCUT2D eigenvalue weighted by molar-refractivity contribution is 0.451. The van der Waals surface area contributed by atoms with Crippen LogP contribution in [0, 0.1) is 0 Å². The summed E-state index contributed by atoms with van der Waals surface area (Å²) >= 11 is 5.46. The van der Waals surface area contributed by atoms with Gasteiger partial charge in [-0.1, -0.05) is 12.1 Å². The number of thiophene rings is 1. The molecule has 4 rings (SSSR count). The standard InChI is InChI=1S/C16H16BrN5O3S3/c17-10-5-1-2-6-11(10)18-14-15(21-27-20-14)19-12-9-26-16(13(12)23)28(24,25)22-7-3-4-8-22/h1-2,5-6,9,23H,3-4,7-8H2,(H,18,20)(H,19,21). The number of halogens is 1. The third-order valence-corrected chi connectivity index (χ3v) is 8.85. The number of hydrogen-bond donors (Lipinski definition) is 3. The average molecular weight is 502 g/mol. The molecule has 1 aliphatic heterocycles. The molecule has 0 aliphatic carbocycles. The first-order chi connectivity index (χ1) is 13.5. The predicted molar refractivity (Wildman–Crippen MR) is 115 cm³/mol. The summed E-state index contributed by atoms with van der Waals surface area (Å²) in [5, 5.41) is 18.2. The Hall–Kier alpha value is -1.73. The molecule has 0 atom stereocenters. The minimum atomic E-state index is -3.69. The zero-order chi connectivity index (χ0) is 19.7. The van der Waals surface area contributed by atoms with Crippen molar-refractivity contribution in [1.29, 1.82) is 0 Å². The number of hydrogen-bond acceptors (Lipinski definition) is 9. The molecule has 0 saturated carbocycles. The molecule has 12 heteroatoms. The van der Waals surface area contributed by atoms with Gasteiger partial charge in [0, 0.05) is 22.9 Å². The molecular weight excluding hydrogens is 486 g/mol. The molecule has 0 unspecified atom stereocenters. The van der Waals surface area contributed by atoms with E-state index in [0.29, 0.717) is 24.7 Å².